The summed E-state index contributed by atoms with van der Waals surface area (Å²) in [7, 11) is 0. The Kier molecular flexibility index (Phi) is 8.76. The quantitative estimate of drug-likeness (QED) is 0.297. The highest BCUT2D eigenvalue weighted by atomic mass is 19.4. The molecule has 0 bridgehead atoms. The van der Waals surface area contributed by atoms with Crippen molar-refractivity contribution in [3.8, 4) is 0 Å². The molecular weight excluding hydrogens is 554 g/mol. The highest BCUT2D eigenvalue weighted by molar-refractivity contribution is 6.01. The summed E-state index contributed by atoms with van der Waals surface area (Å²) in [5, 5.41) is 11.8. The number of aromatic nitrogens is 1. The number of carbonyl (C=O) groups excluding carboxylic acids is 3. The van der Waals surface area contributed by atoms with Crippen molar-refractivity contribution < 1.29 is 60.1 Å². The van der Waals surface area contributed by atoms with E-state index < -0.39 is 70.6 Å². The molecule has 0 spiro atoms. The van der Waals surface area contributed by atoms with Gasteiger partial charge in [-0.1, -0.05) is 12.1 Å². The van der Waals surface area contributed by atoms with Crippen molar-refractivity contribution >= 4 is 29.5 Å². The number of pyridine rings is 1. The lowest BCUT2D eigenvalue weighted by Crippen LogP contribution is -2.48. The van der Waals surface area contributed by atoms with E-state index in [1.165, 1.54) is 18.3 Å². The first-order chi connectivity index (χ1) is 18.7. The molecule has 0 fully saturated rings. The standard InChI is InChI=1S/C25H16F6N2O7/c26-24(27,28)15-6-1-4-13(10-15)22(37)39-18(20(34)33-17-8-3-9-32-12-17)19(21(35)36)40-23(38)14-5-2-7-16(11-14)25(29,30)31/h1-12,18-19H,(H,33,34)(H,35,36)/t18-,19+/m0/s1. The van der Waals surface area contributed by atoms with E-state index in [0.717, 1.165) is 30.5 Å². The van der Waals surface area contributed by atoms with Gasteiger partial charge < -0.3 is 19.9 Å². The van der Waals surface area contributed by atoms with Gasteiger partial charge in [0.1, 0.15) is 0 Å². The summed E-state index contributed by atoms with van der Waals surface area (Å²) in [6.07, 6.45) is -12.5. The van der Waals surface area contributed by atoms with Crippen molar-refractivity contribution in [2.45, 2.75) is 24.6 Å². The number of esters is 2. The third-order valence-corrected chi connectivity index (χ3v) is 5.03. The van der Waals surface area contributed by atoms with Crippen molar-refractivity contribution in [2.75, 3.05) is 5.32 Å². The van der Waals surface area contributed by atoms with Gasteiger partial charge in [-0.3, -0.25) is 9.78 Å². The van der Waals surface area contributed by atoms with E-state index in [1.54, 1.807) is 0 Å². The Morgan fingerprint density at radius 2 is 1.25 bits per heavy atom. The van der Waals surface area contributed by atoms with Crippen LogP contribution in [0.4, 0.5) is 32.0 Å². The Labute approximate surface area is 220 Å². The zero-order valence-electron chi connectivity index (χ0n) is 19.7. The Hall–Kier alpha value is -4.95. The van der Waals surface area contributed by atoms with Gasteiger partial charge >= 0.3 is 30.3 Å². The number of carboxylic acid groups (broad SMARTS) is 1. The van der Waals surface area contributed by atoms with E-state index in [1.807, 2.05) is 0 Å². The number of aliphatic carboxylic acids is 1. The lowest BCUT2D eigenvalue weighted by atomic mass is 10.1. The average molecular weight is 570 g/mol. The van der Waals surface area contributed by atoms with E-state index in [2.05, 4.69) is 10.3 Å². The minimum absolute atomic E-state index is 0.0408. The van der Waals surface area contributed by atoms with Crippen LogP contribution in [0.3, 0.4) is 0 Å². The number of carboxylic acids is 1. The zero-order valence-corrected chi connectivity index (χ0v) is 19.7. The summed E-state index contributed by atoms with van der Waals surface area (Å²) in [5.74, 6) is -6.70. The van der Waals surface area contributed by atoms with Gasteiger partial charge in [0.05, 0.1) is 34.1 Å². The number of ether oxygens (including phenoxy) is 2. The maximum absolute atomic E-state index is 13.1. The Morgan fingerprint density at radius 1 is 0.750 bits per heavy atom. The minimum atomic E-state index is -4.87. The van der Waals surface area contributed by atoms with Crippen molar-refractivity contribution in [1.29, 1.82) is 0 Å². The van der Waals surface area contributed by atoms with Crippen LogP contribution < -0.4 is 5.32 Å². The lowest BCUT2D eigenvalue weighted by Gasteiger charge is -2.23. The van der Waals surface area contributed by atoms with Crippen LogP contribution in [0.2, 0.25) is 0 Å². The fourth-order valence-electron chi connectivity index (χ4n) is 3.16. The number of anilines is 1. The molecule has 0 aliphatic heterocycles. The molecule has 3 rings (SSSR count). The smallest absolute Gasteiger partial charge is 0.416 e. The van der Waals surface area contributed by atoms with Crippen LogP contribution in [-0.4, -0.2) is 46.1 Å². The second-order valence-electron chi connectivity index (χ2n) is 7.88. The molecule has 9 nitrogen and oxygen atoms in total. The largest absolute Gasteiger partial charge is 0.478 e. The molecule has 1 heterocycles. The third-order valence-electron chi connectivity index (χ3n) is 5.03. The molecule has 3 aromatic rings. The number of rotatable bonds is 8. The maximum Gasteiger partial charge on any atom is 0.416 e. The Morgan fingerprint density at radius 3 is 1.68 bits per heavy atom. The third kappa shape index (κ3) is 7.55. The molecule has 0 saturated heterocycles. The molecule has 40 heavy (non-hydrogen) atoms. The van der Waals surface area contributed by atoms with Crippen LogP contribution in [0.25, 0.3) is 0 Å². The maximum atomic E-state index is 13.1. The molecule has 1 aromatic heterocycles. The second-order valence-corrected chi connectivity index (χ2v) is 7.88. The molecule has 0 unspecified atom stereocenters. The number of nitrogens with zero attached hydrogens (tertiary/aromatic N) is 1. The molecule has 1 amide bonds. The summed E-state index contributed by atoms with van der Waals surface area (Å²) in [6.45, 7) is 0. The van der Waals surface area contributed by atoms with Gasteiger partial charge in [0.25, 0.3) is 5.91 Å². The lowest BCUT2D eigenvalue weighted by molar-refractivity contribution is -0.157. The number of benzene rings is 2. The number of amides is 1. The Bertz CT molecular complexity index is 1410. The number of carbonyl (C=O) groups is 4. The molecule has 210 valence electrons. The molecule has 0 aliphatic carbocycles. The molecule has 2 N–H and O–H groups in total. The van der Waals surface area contributed by atoms with Gasteiger partial charge in [-0.15, -0.1) is 0 Å². The molecule has 2 atom stereocenters. The fraction of sp³-hybridized carbons (Fsp3) is 0.160. The molecule has 15 heteroatoms. The van der Waals surface area contributed by atoms with Crippen molar-refractivity contribution in [1.82, 2.24) is 4.98 Å². The van der Waals surface area contributed by atoms with E-state index in [4.69, 9.17) is 9.47 Å². The molecule has 0 aliphatic rings. The van der Waals surface area contributed by atoms with Gasteiger partial charge in [-0.25, -0.2) is 14.4 Å². The van der Waals surface area contributed by atoms with E-state index in [-0.39, 0.29) is 5.69 Å². The predicted octanol–water partition coefficient (Wildman–Crippen LogP) is 4.59. The number of hydrogen-bond donors (Lipinski definition) is 2. The highest BCUT2D eigenvalue weighted by Gasteiger charge is 2.42. The summed E-state index contributed by atoms with van der Waals surface area (Å²) in [4.78, 5) is 53.9. The van der Waals surface area contributed by atoms with E-state index in [9.17, 15) is 50.6 Å². The summed E-state index contributed by atoms with van der Waals surface area (Å²) in [5.41, 5.74) is -4.06. The van der Waals surface area contributed by atoms with Crippen LogP contribution in [0.15, 0.2) is 73.1 Å². The van der Waals surface area contributed by atoms with Gasteiger partial charge in [0, 0.05) is 6.20 Å². The molecule has 0 saturated carbocycles. The first-order valence-electron chi connectivity index (χ1n) is 10.9. The van der Waals surface area contributed by atoms with Gasteiger partial charge in [-0.05, 0) is 48.5 Å². The van der Waals surface area contributed by atoms with Crippen LogP contribution in [-0.2, 0) is 31.4 Å². The van der Waals surface area contributed by atoms with Gasteiger partial charge in [0.15, 0.2) is 0 Å². The number of halogens is 6. The van der Waals surface area contributed by atoms with Gasteiger partial charge in [0.2, 0.25) is 12.2 Å². The van der Waals surface area contributed by atoms with Gasteiger partial charge in [-0.2, -0.15) is 26.3 Å². The molecule has 2 aromatic carbocycles. The van der Waals surface area contributed by atoms with Crippen molar-refractivity contribution in [3.05, 3.63) is 95.3 Å². The van der Waals surface area contributed by atoms with Crippen LogP contribution >= 0.6 is 0 Å². The summed E-state index contributed by atoms with van der Waals surface area (Å²) >= 11 is 0. The topological polar surface area (TPSA) is 132 Å². The predicted molar refractivity (Wildman–Crippen MR) is 122 cm³/mol. The first kappa shape index (κ1) is 29.6. The molecular formula is C25H16F6N2O7. The van der Waals surface area contributed by atoms with Crippen molar-refractivity contribution in [2.24, 2.45) is 0 Å². The fourth-order valence-corrected chi connectivity index (χ4v) is 3.16. The number of nitrogens with one attached hydrogen (secondary N) is 1. The van der Waals surface area contributed by atoms with E-state index in [0.29, 0.717) is 24.3 Å². The van der Waals surface area contributed by atoms with Crippen LogP contribution in [0, 0.1) is 0 Å². The first-order valence-corrected chi connectivity index (χ1v) is 10.9. The van der Waals surface area contributed by atoms with Crippen LogP contribution in [0.1, 0.15) is 31.8 Å². The van der Waals surface area contributed by atoms with Crippen LogP contribution in [0.5, 0.6) is 0 Å². The minimum Gasteiger partial charge on any atom is -0.478 e. The number of alkyl halides is 6. The van der Waals surface area contributed by atoms with Crippen molar-refractivity contribution in [3.63, 3.8) is 0 Å². The van der Waals surface area contributed by atoms with E-state index >= 15 is 0 Å². The zero-order chi connectivity index (χ0) is 29.7. The second kappa shape index (κ2) is 11.8. The summed E-state index contributed by atoms with van der Waals surface area (Å²) in [6, 6.07) is 8.12. The normalized spacial score (nSPS) is 13.1. The average Bonchev–Trinajstić information content (AvgIpc) is 2.90. The monoisotopic (exact) mass is 570 g/mol. The Balaban J connectivity index is 1.95. The molecule has 0 radical (unpaired) electrons. The SMILES string of the molecule is O=C(O[C@H](C(=O)Nc1cccnc1)[C@@H](OC(=O)c1cccc(C(F)(F)F)c1)C(=O)O)c1cccc(C(F)(F)F)c1. The summed E-state index contributed by atoms with van der Waals surface area (Å²) < 4.78 is 88.0. The highest BCUT2D eigenvalue weighted by Crippen LogP contribution is 2.31. The number of hydrogen-bond acceptors (Lipinski definition) is 7.